The van der Waals surface area contributed by atoms with Crippen LogP contribution in [0.5, 0.6) is 0 Å². The van der Waals surface area contributed by atoms with Crippen LogP contribution in [-0.2, 0) is 3.07 Å². The van der Waals surface area contributed by atoms with Gasteiger partial charge in [0.2, 0.25) is 0 Å². The molecule has 0 spiro atoms. The first-order chi connectivity index (χ1) is 4.88. The van der Waals surface area contributed by atoms with Gasteiger partial charge in [0.1, 0.15) is 0 Å². The molecule has 1 aliphatic rings. The Kier molecular flexibility index (Phi) is 1.61. The van der Waals surface area contributed by atoms with Gasteiger partial charge in [-0.15, -0.1) is 0 Å². The molecule has 1 nitrogen and oxygen atoms in total. The second-order valence-corrected chi connectivity index (χ2v) is 4.11. The minimum absolute atomic E-state index is 0.493. The van der Waals surface area contributed by atoms with E-state index < -0.39 is 28.0 Å². The summed E-state index contributed by atoms with van der Waals surface area (Å²) in [4.78, 5) is 0. The molecule has 0 amide bonds. The Bertz CT molecular complexity index is 251. The number of rotatable bonds is 0. The molecule has 0 fully saturated rings. The molecule has 2 rings (SSSR count). The molecule has 1 unspecified atom stereocenters. The van der Waals surface area contributed by atoms with Crippen LogP contribution < -0.4 is 21.6 Å². The second kappa shape index (κ2) is 2.47. The molecule has 1 heterocycles. The molecule has 3 heteroatoms. The van der Waals surface area contributed by atoms with Crippen molar-refractivity contribution < 1.29 is 29.1 Å². The van der Waals surface area contributed by atoms with E-state index in [0.29, 0.717) is 0 Å². The summed E-state index contributed by atoms with van der Waals surface area (Å²) in [5.74, 6) is 0. The first kappa shape index (κ1) is 6.54. The van der Waals surface area contributed by atoms with Crippen LogP contribution in [0, 0.1) is 3.57 Å². The summed E-state index contributed by atoms with van der Waals surface area (Å²) in [6.45, 7) is 0. The first-order valence-electron chi connectivity index (χ1n) is 2.91. The van der Waals surface area contributed by atoms with Crippen molar-refractivity contribution in [1.82, 2.24) is 0 Å². The third-order valence-corrected chi connectivity index (χ3v) is 3.51. The normalized spacial score (nSPS) is 23.5. The number of hydrogen-bond acceptors (Lipinski definition) is 1. The van der Waals surface area contributed by atoms with Gasteiger partial charge in [0, 0.05) is 0 Å². The molecule has 10 heavy (non-hydrogen) atoms. The fourth-order valence-electron chi connectivity index (χ4n) is 0.865. The Morgan fingerprint density at radius 3 is 3.00 bits per heavy atom. The van der Waals surface area contributed by atoms with E-state index in [4.69, 9.17) is 3.07 Å². The molecule has 0 saturated heterocycles. The number of fused-ring (bicyclic) bond motifs is 1. The Morgan fingerprint density at radius 2 is 2.20 bits per heavy atom. The van der Waals surface area contributed by atoms with E-state index in [0.717, 1.165) is 9.13 Å². The van der Waals surface area contributed by atoms with Crippen LogP contribution in [-0.4, -0.2) is 0 Å². The van der Waals surface area contributed by atoms with Crippen molar-refractivity contribution in [3.63, 3.8) is 0 Å². The van der Waals surface area contributed by atoms with Gasteiger partial charge in [0.05, 0.1) is 0 Å². The quantitative estimate of drug-likeness (QED) is 0.529. The van der Waals surface area contributed by atoms with Crippen molar-refractivity contribution in [2.24, 2.45) is 0 Å². The Morgan fingerprint density at radius 1 is 1.40 bits per heavy atom. The van der Waals surface area contributed by atoms with Crippen molar-refractivity contribution in [2.75, 3.05) is 0 Å². The zero-order valence-electron chi connectivity index (χ0n) is 5.05. The predicted octanol–water partition coefficient (Wildman–Crippen LogP) is -1.14. The fraction of sp³-hybridized carbons (Fsp3) is 0.143. The molecule has 1 aromatic carbocycles. The van der Waals surface area contributed by atoms with Gasteiger partial charge in [0.25, 0.3) is 0 Å². The van der Waals surface area contributed by atoms with E-state index in [1.165, 1.54) is 0 Å². The average molecular weight is 251 g/mol. The average Bonchev–Trinajstić information content (AvgIpc) is 2.34. The molecule has 0 aromatic heterocycles. The van der Waals surface area contributed by atoms with Crippen LogP contribution in [0.3, 0.4) is 0 Å². The molecule has 0 N–H and O–H groups in total. The summed E-state index contributed by atoms with van der Waals surface area (Å²) in [6, 6.07) is 7.47. The van der Waals surface area contributed by atoms with Crippen LogP contribution in [0.2, 0.25) is 0 Å². The van der Waals surface area contributed by atoms with E-state index in [-0.39, 0.29) is 0 Å². The van der Waals surface area contributed by atoms with Gasteiger partial charge in [-0.05, 0) is 0 Å². The van der Waals surface area contributed by atoms with Crippen molar-refractivity contribution in [3.05, 3.63) is 33.4 Å². The standard InChI is InChI=1S/C7H5FIO/c8-7-5-3-1-2-4-6(5)9-10-7/h1-4,7H/q-1. The third-order valence-electron chi connectivity index (χ3n) is 1.36. The second-order valence-electron chi connectivity index (χ2n) is 2.00. The van der Waals surface area contributed by atoms with Crippen molar-refractivity contribution in [1.29, 1.82) is 0 Å². The van der Waals surface area contributed by atoms with Crippen LogP contribution in [0.25, 0.3) is 0 Å². The summed E-state index contributed by atoms with van der Waals surface area (Å²) < 4.78 is 18.7. The molecular weight excluding hydrogens is 246 g/mol. The van der Waals surface area contributed by atoms with E-state index in [1.807, 2.05) is 18.2 Å². The van der Waals surface area contributed by atoms with E-state index in [1.54, 1.807) is 6.07 Å². The zero-order chi connectivity index (χ0) is 6.97. The van der Waals surface area contributed by atoms with E-state index in [9.17, 15) is 4.39 Å². The molecular formula is C7H5FIO-. The first-order valence-corrected chi connectivity index (χ1v) is 4.87. The topological polar surface area (TPSA) is 9.23 Å². The number of halogens is 2. The molecule has 0 aliphatic carbocycles. The number of benzene rings is 1. The summed E-state index contributed by atoms with van der Waals surface area (Å²) >= 11 is -0.493. The van der Waals surface area contributed by atoms with Gasteiger partial charge in [-0.1, -0.05) is 0 Å². The van der Waals surface area contributed by atoms with Crippen molar-refractivity contribution >= 4 is 0 Å². The summed E-state index contributed by atoms with van der Waals surface area (Å²) in [5.41, 5.74) is 0.732. The molecule has 0 radical (unpaired) electrons. The predicted molar refractivity (Wildman–Crippen MR) is 30.1 cm³/mol. The Labute approximate surface area is 69.0 Å². The Hall–Kier alpha value is -0.160. The molecule has 0 saturated carbocycles. The number of hydrogen-bond donors (Lipinski definition) is 0. The molecule has 1 aromatic rings. The SMILES string of the molecule is FC1O[I-]c2ccccc21. The van der Waals surface area contributed by atoms with Crippen LogP contribution in [0.4, 0.5) is 4.39 Å². The molecule has 0 bridgehead atoms. The van der Waals surface area contributed by atoms with Crippen LogP contribution in [0.15, 0.2) is 24.3 Å². The van der Waals surface area contributed by atoms with Gasteiger partial charge >= 0.3 is 68.8 Å². The van der Waals surface area contributed by atoms with Crippen molar-refractivity contribution in [2.45, 2.75) is 6.36 Å². The third kappa shape index (κ3) is 0.932. The van der Waals surface area contributed by atoms with E-state index >= 15 is 0 Å². The summed E-state index contributed by atoms with van der Waals surface area (Å²) in [5, 5.41) is 0. The molecule has 1 aliphatic heterocycles. The Balaban J connectivity index is 2.51. The minimum atomic E-state index is -1.15. The van der Waals surface area contributed by atoms with Gasteiger partial charge in [0.15, 0.2) is 0 Å². The zero-order valence-corrected chi connectivity index (χ0v) is 7.21. The van der Waals surface area contributed by atoms with Crippen molar-refractivity contribution in [3.8, 4) is 0 Å². The van der Waals surface area contributed by atoms with Gasteiger partial charge < -0.3 is 0 Å². The van der Waals surface area contributed by atoms with E-state index in [2.05, 4.69) is 0 Å². The van der Waals surface area contributed by atoms with Gasteiger partial charge in [-0.3, -0.25) is 0 Å². The maximum atomic E-state index is 12.7. The van der Waals surface area contributed by atoms with Crippen LogP contribution >= 0.6 is 0 Å². The molecule has 54 valence electrons. The fourth-order valence-corrected chi connectivity index (χ4v) is 2.67. The van der Waals surface area contributed by atoms with Crippen LogP contribution in [0.1, 0.15) is 11.9 Å². The summed E-state index contributed by atoms with van der Waals surface area (Å²) in [7, 11) is 0. The monoisotopic (exact) mass is 251 g/mol. The van der Waals surface area contributed by atoms with Gasteiger partial charge in [-0.25, -0.2) is 0 Å². The number of alkyl halides is 1. The van der Waals surface area contributed by atoms with Gasteiger partial charge in [-0.2, -0.15) is 0 Å². The molecule has 1 atom stereocenters. The maximum absolute atomic E-state index is 12.7. The summed E-state index contributed by atoms with van der Waals surface area (Å²) in [6.07, 6.45) is -1.15.